The molecule has 1 aliphatic rings. The van der Waals surface area contributed by atoms with Crippen LogP contribution in [0.25, 0.3) is 11.1 Å². The lowest BCUT2D eigenvalue weighted by Gasteiger charge is -2.11. The minimum absolute atomic E-state index is 0.579. The van der Waals surface area contributed by atoms with Gasteiger partial charge in [0.25, 0.3) is 0 Å². The molecule has 5 heteroatoms. The number of nitrogens with one attached hydrogen (secondary N) is 1. The SMILES string of the molecule is CCOCCCNc1ncc(-c2ccncc2)c(C2CC2)n1. The molecule has 22 heavy (non-hydrogen) atoms. The predicted octanol–water partition coefficient (Wildman–Crippen LogP) is 3.25. The van der Waals surface area contributed by atoms with Crippen LogP contribution in [0.15, 0.2) is 30.7 Å². The van der Waals surface area contributed by atoms with E-state index in [-0.39, 0.29) is 0 Å². The molecular weight excluding hydrogens is 276 g/mol. The van der Waals surface area contributed by atoms with Gasteiger partial charge in [0, 0.05) is 49.8 Å². The van der Waals surface area contributed by atoms with Crippen LogP contribution in [0.1, 0.15) is 37.8 Å². The maximum absolute atomic E-state index is 5.33. The standard InChI is InChI=1S/C17H22N4O/c1-2-22-11-3-8-19-17-20-12-15(13-6-9-18-10-7-13)16(21-17)14-4-5-14/h6-7,9-10,12,14H,2-5,8,11H2,1H3,(H,19,20,21). The summed E-state index contributed by atoms with van der Waals surface area (Å²) < 4.78 is 5.33. The molecule has 1 N–H and O–H groups in total. The number of aromatic nitrogens is 3. The van der Waals surface area contributed by atoms with Gasteiger partial charge in [-0.15, -0.1) is 0 Å². The van der Waals surface area contributed by atoms with Crippen LogP contribution in [-0.2, 0) is 4.74 Å². The Morgan fingerprint density at radius 3 is 2.82 bits per heavy atom. The van der Waals surface area contributed by atoms with Gasteiger partial charge in [-0.2, -0.15) is 0 Å². The highest BCUT2D eigenvalue weighted by molar-refractivity contribution is 5.66. The zero-order chi connectivity index (χ0) is 15.2. The molecule has 116 valence electrons. The number of nitrogens with zero attached hydrogens (tertiary/aromatic N) is 3. The molecule has 3 rings (SSSR count). The van der Waals surface area contributed by atoms with Crippen molar-refractivity contribution in [2.24, 2.45) is 0 Å². The molecule has 2 heterocycles. The number of hydrogen-bond donors (Lipinski definition) is 1. The molecule has 0 amide bonds. The fourth-order valence-electron chi connectivity index (χ4n) is 2.42. The third-order valence-corrected chi connectivity index (χ3v) is 3.73. The zero-order valence-electron chi connectivity index (χ0n) is 13.0. The lowest BCUT2D eigenvalue weighted by atomic mass is 10.0. The summed E-state index contributed by atoms with van der Waals surface area (Å²) in [5, 5.41) is 3.29. The summed E-state index contributed by atoms with van der Waals surface area (Å²) in [7, 11) is 0. The van der Waals surface area contributed by atoms with Crippen molar-refractivity contribution in [1.82, 2.24) is 15.0 Å². The predicted molar refractivity (Wildman–Crippen MR) is 86.8 cm³/mol. The number of rotatable bonds is 8. The third kappa shape index (κ3) is 3.80. The van der Waals surface area contributed by atoms with E-state index in [4.69, 9.17) is 9.72 Å². The second-order valence-corrected chi connectivity index (χ2v) is 5.48. The molecule has 1 saturated carbocycles. The number of ether oxygens (including phenoxy) is 1. The van der Waals surface area contributed by atoms with E-state index in [0.29, 0.717) is 5.92 Å². The Balaban J connectivity index is 1.71. The van der Waals surface area contributed by atoms with E-state index < -0.39 is 0 Å². The molecule has 5 nitrogen and oxygen atoms in total. The van der Waals surface area contributed by atoms with Crippen molar-refractivity contribution < 1.29 is 4.74 Å². The molecule has 0 radical (unpaired) electrons. The Morgan fingerprint density at radius 2 is 2.09 bits per heavy atom. The highest BCUT2D eigenvalue weighted by Crippen LogP contribution is 2.43. The van der Waals surface area contributed by atoms with Crippen LogP contribution >= 0.6 is 0 Å². The first kappa shape index (κ1) is 14.9. The van der Waals surface area contributed by atoms with Gasteiger partial charge in [0.05, 0.1) is 5.69 Å². The average molecular weight is 298 g/mol. The molecule has 1 fully saturated rings. The molecule has 0 unspecified atom stereocenters. The fourth-order valence-corrected chi connectivity index (χ4v) is 2.42. The van der Waals surface area contributed by atoms with E-state index in [1.165, 1.54) is 12.8 Å². The van der Waals surface area contributed by atoms with Crippen LogP contribution in [0.4, 0.5) is 5.95 Å². The summed E-state index contributed by atoms with van der Waals surface area (Å²) in [6, 6.07) is 4.03. The normalized spacial score (nSPS) is 14.0. The molecule has 0 spiro atoms. The van der Waals surface area contributed by atoms with Gasteiger partial charge < -0.3 is 10.1 Å². The van der Waals surface area contributed by atoms with Gasteiger partial charge in [0.1, 0.15) is 0 Å². The molecular formula is C17H22N4O. The van der Waals surface area contributed by atoms with E-state index in [9.17, 15) is 0 Å². The summed E-state index contributed by atoms with van der Waals surface area (Å²) in [6.07, 6.45) is 8.96. The Morgan fingerprint density at radius 1 is 1.27 bits per heavy atom. The molecule has 2 aromatic heterocycles. The fraction of sp³-hybridized carbons (Fsp3) is 0.471. The summed E-state index contributed by atoms with van der Waals surface area (Å²) >= 11 is 0. The van der Waals surface area contributed by atoms with Crippen LogP contribution in [0.5, 0.6) is 0 Å². The first-order chi connectivity index (χ1) is 10.9. The molecule has 0 saturated heterocycles. The van der Waals surface area contributed by atoms with Crippen LogP contribution in [0, 0.1) is 0 Å². The van der Waals surface area contributed by atoms with E-state index in [0.717, 1.165) is 48.9 Å². The second kappa shape index (κ2) is 7.31. The summed E-state index contributed by atoms with van der Waals surface area (Å²) in [6.45, 7) is 4.38. The van der Waals surface area contributed by atoms with Crippen LogP contribution in [-0.4, -0.2) is 34.7 Å². The lowest BCUT2D eigenvalue weighted by molar-refractivity contribution is 0.147. The summed E-state index contributed by atoms with van der Waals surface area (Å²) in [5.41, 5.74) is 3.43. The van der Waals surface area contributed by atoms with Gasteiger partial charge >= 0.3 is 0 Å². The first-order valence-electron chi connectivity index (χ1n) is 7.97. The number of hydrogen-bond acceptors (Lipinski definition) is 5. The Bertz CT molecular complexity index is 599. The molecule has 0 atom stereocenters. The van der Waals surface area contributed by atoms with Gasteiger partial charge in [-0.3, -0.25) is 4.98 Å². The molecule has 0 bridgehead atoms. The zero-order valence-corrected chi connectivity index (χ0v) is 13.0. The smallest absolute Gasteiger partial charge is 0.222 e. The minimum atomic E-state index is 0.579. The van der Waals surface area contributed by atoms with Crippen LogP contribution in [0.2, 0.25) is 0 Å². The summed E-state index contributed by atoms with van der Waals surface area (Å²) in [4.78, 5) is 13.3. The van der Waals surface area contributed by atoms with Crippen molar-refractivity contribution in [1.29, 1.82) is 0 Å². The van der Waals surface area contributed by atoms with E-state index in [1.54, 1.807) is 0 Å². The third-order valence-electron chi connectivity index (χ3n) is 3.73. The second-order valence-electron chi connectivity index (χ2n) is 5.48. The highest BCUT2D eigenvalue weighted by atomic mass is 16.5. The number of pyridine rings is 1. The summed E-state index contributed by atoms with van der Waals surface area (Å²) in [5.74, 6) is 1.30. The maximum atomic E-state index is 5.33. The van der Waals surface area contributed by atoms with E-state index >= 15 is 0 Å². The van der Waals surface area contributed by atoms with Crippen molar-refractivity contribution in [3.8, 4) is 11.1 Å². The first-order valence-corrected chi connectivity index (χ1v) is 7.97. The molecule has 2 aromatic rings. The van der Waals surface area contributed by atoms with Crippen molar-refractivity contribution in [2.75, 3.05) is 25.1 Å². The lowest BCUT2D eigenvalue weighted by Crippen LogP contribution is -2.09. The molecule has 0 aliphatic heterocycles. The number of anilines is 1. The Labute approximate surface area is 131 Å². The Hall–Kier alpha value is -2.01. The van der Waals surface area contributed by atoms with Gasteiger partial charge in [-0.1, -0.05) is 0 Å². The Kier molecular flexibility index (Phi) is 4.96. The minimum Gasteiger partial charge on any atom is -0.382 e. The van der Waals surface area contributed by atoms with Crippen LogP contribution < -0.4 is 5.32 Å². The highest BCUT2D eigenvalue weighted by Gasteiger charge is 2.28. The maximum Gasteiger partial charge on any atom is 0.222 e. The van der Waals surface area contributed by atoms with Gasteiger partial charge in [-0.25, -0.2) is 9.97 Å². The average Bonchev–Trinajstić information content (AvgIpc) is 3.40. The quantitative estimate of drug-likeness (QED) is 0.758. The molecule has 0 aromatic carbocycles. The monoisotopic (exact) mass is 298 g/mol. The van der Waals surface area contributed by atoms with Gasteiger partial charge in [0.15, 0.2) is 0 Å². The van der Waals surface area contributed by atoms with E-state index in [2.05, 4.69) is 15.3 Å². The van der Waals surface area contributed by atoms with Crippen molar-refractivity contribution in [2.45, 2.75) is 32.1 Å². The molecule has 1 aliphatic carbocycles. The van der Waals surface area contributed by atoms with Crippen LogP contribution in [0.3, 0.4) is 0 Å². The van der Waals surface area contributed by atoms with Crippen molar-refractivity contribution in [3.63, 3.8) is 0 Å². The van der Waals surface area contributed by atoms with Crippen molar-refractivity contribution in [3.05, 3.63) is 36.4 Å². The largest absolute Gasteiger partial charge is 0.382 e. The topological polar surface area (TPSA) is 59.9 Å². The van der Waals surface area contributed by atoms with Gasteiger partial charge in [0.2, 0.25) is 5.95 Å². The van der Waals surface area contributed by atoms with Gasteiger partial charge in [-0.05, 0) is 43.9 Å². The van der Waals surface area contributed by atoms with Crippen molar-refractivity contribution >= 4 is 5.95 Å². The van der Waals surface area contributed by atoms with E-state index in [1.807, 2.05) is 37.6 Å².